The maximum Gasteiger partial charge on any atom is 0.351 e. The van der Waals surface area contributed by atoms with E-state index in [0.717, 1.165) is 0 Å². The summed E-state index contributed by atoms with van der Waals surface area (Å²) < 4.78 is 24.8. The van der Waals surface area contributed by atoms with E-state index in [0.29, 0.717) is 10.4 Å². The standard InChI is InChI=1S/C8H5ClO4S.CH5N3/c9-6-1-3-7(4-2-6)13-8(10)5-14(11)12;2-1(3)4/h1-5H;(H5,2,3,4). The normalized spacial score (nSPS) is 8.50. The number of nitrogens with two attached hydrogens (primary N) is 2. The van der Waals surface area contributed by atoms with Gasteiger partial charge in [0, 0.05) is 5.02 Å². The van der Waals surface area contributed by atoms with Crippen LogP contribution in [0.4, 0.5) is 0 Å². The highest BCUT2D eigenvalue weighted by atomic mass is 35.5. The van der Waals surface area contributed by atoms with E-state index in [9.17, 15) is 13.2 Å². The fourth-order valence-electron chi connectivity index (χ4n) is 0.721. The Balaban J connectivity index is 0.000000631. The van der Waals surface area contributed by atoms with Crippen LogP contribution in [0.2, 0.25) is 5.02 Å². The van der Waals surface area contributed by atoms with Crippen LogP contribution < -0.4 is 16.2 Å². The zero-order valence-corrected chi connectivity index (χ0v) is 10.5. The van der Waals surface area contributed by atoms with Gasteiger partial charge < -0.3 is 16.2 Å². The summed E-state index contributed by atoms with van der Waals surface area (Å²) in [5.74, 6) is -1.04. The van der Waals surface area contributed by atoms with Crippen LogP contribution >= 0.6 is 11.6 Å². The lowest BCUT2D eigenvalue weighted by molar-refractivity contribution is -0.126. The van der Waals surface area contributed by atoms with Gasteiger partial charge in [0.25, 0.3) is 0 Å². The summed E-state index contributed by atoms with van der Waals surface area (Å²) in [5, 5.41) is 7.00. The topological polar surface area (TPSA) is 136 Å². The van der Waals surface area contributed by atoms with Gasteiger partial charge in [-0.1, -0.05) is 11.6 Å². The Morgan fingerprint density at radius 1 is 1.28 bits per heavy atom. The van der Waals surface area contributed by atoms with Gasteiger partial charge in [0.2, 0.25) is 10.3 Å². The molecule has 1 aromatic rings. The van der Waals surface area contributed by atoms with Crippen LogP contribution in [0, 0.1) is 5.41 Å². The average molecular weight is 292 g/mol. The molecule has 0 aliphatic heterocycles. The average Bonchev–Trinajstić information content (AvgIpc) is 2.19. The van der Waals surface area contributed by atoms with Gasteiger partial charge in [-0.15, -0.1) is 0 Å². The molecular formula is C9H10ClN3O4S. The van der Waals surface area contributed by atoms with Crippen LogP contribution in [0.5, 0.6) is 5.75 Å². The first-order valence-electron chi connectivity index (χ1n) is 4.31. The van der Waals surface area contributed by atoms with Crippen molar-refractivity contribution in [2.75, 3.05) is 0 Å². The summed E-state index contributed by atoms with van der Waals surface area (Å²) in [6, 6.07) is 5.97. The van der Waals surface area contributed by atoms with E-state index >= 15 is 0 Å². The second-order valence-corrected chi connectivity index (χ2v) is 3.90. The predicted octanol–water partition coefficient (Wildman–Crippen LogP) is -0.235. The van der Waals surface area contributed by atoms with E-state index in [1.54, 1.807) is 0 Å². The molecule has 98 valence electrons. The summed E-state index contributed by atoms with van der Waals surface area (Å²) >= 11 is 5.59. The molecule has 0 aliphatic carbocycles. The molecule has 0 unspecified atom stereocenters. The van der Waals surface area contributed by atoms with Crippen molar-refractivity contribution in [3.63, 3.8) is 0 Å². The molecule has 0 atom stereocenters. The van der Waals surface area contributed by atoms with Gasteiger partial charge in [-0.3, -0.25) is 5.41 Å². The number of benzene rings is 1. The highest BCUT2D eigenvalue weighted by molar-refractivity contribution is 7.73. The Kier molecular flexibility index (Phi) is 7.17. The zero-order valence-electron chi connectivity index (χ0n) is 8.96. The molecule has 0 saturated carbocycles. The Bertz CT molecular complexity index is 542. The first-order chi connectivity index (χ1) is 8.31. The third-order valence-corrected chi connectivity index (χ3v) is 1.86. The number of guanidine groups is 1. The molecule has 0 saturated heterocycles. The summed E-state index contributed by atoms with van der Waals surface area (Å²) in [7, 11) is -2.55. The lowest BCUT2D eigenvalue weighted by Gasteiger charge is -1.98. The van der Waals surface area contributed by atoms with Crippen LogP contribution in [0.15, 0.2) is 24.3 Å². The summed E-state index contributed by atoms with van der Waals surface area (Å²) in [6.07, 6.45) is 0. The molecule has 0 fully saturated rings. The van der Waals surface area contributed by atoms with Gasteiger partial charge in [0.15, 0.2) is 5.96 Å². The molecule has 0 bridgehead atoms. The number of nitrogens with one attached hydrogen (secondary N) is 1. The van der Waals surface area contributed by atoms with E-state index in [4.69, 9.17) is 17.0 Å². The van der Waals surface area contributed by atoms with Crippen LogP contribution in [0.1, 0.15) is 0 Å². The molecule has 0 amide bonds. The first-order valence-corrected chi connectivity index (χ1v) is 5.82. The molecule has 0 heterocycles. The van der Waals surface area contributed by atoms with Crippen molar-refractivity contribution < 1.29 is 17.9 Å². The minimum absolute atomic E-state index is 0.237. The molecule has 18 heavy (non-hydrogen) atoms. The third-order valence-electron chi connectivity index (χ3n) is 1.22. The molecule has 0 spiro atoms. The van der Waals surface area contributed by atoms with E-state index in [1.807, 2.05) is 0 Å². The van der Waals surface area contributed by atoms with E-state index in [2.05, 4.69) is 16.2 Å². The molecule has 0 radical (unpaired) electrons. The van der Waals surface area contributed by atoms with Crippen molar-refractivity contribution in [2.24, 2.45) is 11.5 Å². The first kappa shape index (κ1) is 15.9. The minimum Gasteiger partial charge on any atom is -0.423 e. The summed E-state index contributed by atoms with van der Waals surface area (Å²) in [4.78, 5) is 10.8. The maximum absolute atomic E-state index is 10.8. The largest absolute Gasteiger partial charge is 0.423 e. The third kappa shape index (κ3) is 9.19. The molecular weight excluding hydrogens is 282 g/mol. The van der Waals surface area contributed by atoms with Crippen molar-refractivity contribution in [1.82, 2.24) is 0 Å². The van der Waals surface area contributed by atoms with Crippen LogP contribution in [0.25, 0.3) is 0 Å². The number of rotatable bonds is 2. The van der Waals surface area contributed by atoms with Gasteiger partial charge in [0.05, 0.1) is 0 Å². The Morgan fingerprint density at radius 3 is 2.11 bits per heavy atom. The second kappa shape index (κ2) is 8.09. The smallest absolute Gasteiger partial charge is 0.351 e. The monoisotopic (exact) mass is 291 g/mol. The molecule has 7 nitrogen and oxygen atoms in total. The summed E-state index contributed by atoms with van der Waals surface area (Å²) in [5.41, 5.74) is 8.94. The van der Waals surface area contributed by atoms with Gasteiger partial charge >= 0.3 is 5.97 Å². The fraction of sp³-hybridized carbons (Fsp3) is 0. The second-order valence-electron chi connectivity index (χ2n) is 2.71. The Labute approximate surface area is 109 Å². The number of carbonyl (C=O) groups excluding carboxylic acids is 1. The number of ether oxygens (including phenoxy) is 1. The number of carbonyl (C=O) groups is 1. The maximum atomic E-state index is 10.8. The predicted molar refractivity (Wildman–Crippen MR) is 68.2 cm³/mol. The molecule has 0 aromatic heterocycles. The Hall–Kier alpha value is -2.06. The molecule has 5 N–H and O–H groups in total. The lowest BCUT2D eigenvalue weighted by Crippen LogP contribution is -2.20. The number of hydrogen-bond acceptors (Lipinski definition) is 5. The minimum atomic E-state index is -2.55. The van der Waals surface area contributed by atoms with Crippen LogP contribution in [0.3, 0.4) is 0 Å². The number of halogens is 1. The van der Waals surface area contributed by atoms with Gasteiger partial charge in [-0.05, 0) is 24.3 Å². The van der Waals surface area contributed by atoms with Gasteiger partial charge in [-0.25, -0.2) is 4.79 Å². The van der Waals surface area contributed by atoms with E-state index < -0.39 is 16.3 Å². The van der Waals surface area contributed by atoms with Crippen molar-refractivity contribution >= 4 is 39.2 Å². The fourth-order valence-corrected chi connectivity index (χ4v) is 1.05. The number of esters is 1. The zero-order chi connectivity index (χ0) is 14.1. The molecule has 9 heteroatoms. The van der Waals surface area contributed by atoms with Crippen molar-refractivity contribution in [3.8, 4) is 5.75 Å². The summed E-state index contributed by atoms with van der Waals surface area (Å²) in [6.45, 7) is 0. The van der Waals surface area contributed by atoms with Crippen molar-refractivity contribution in [2.45, 2.75) is 0 Å². The molecule has 1 rings (SSSR count). The lowest BCUT2D eigenvalue weighted by atomic mass is 10.3. The SMILES string of the molecule is N=C(N)N.O=C(C=S(=O)=O)Oc1ccc(Cl)cc1. The quantitative estimate of drug-likeness (QED) is 0.226. The van der Waals surface area contributed by atoms with E-state index in [1.165, 1.54) is 24.3 Å². The highest BCUT2D eigenvalue weighted by Crippen LogP contribution is 2.15. The Morgan fingerprint density at radius 2 is 1.72 bits per heavy atom. The van der Waals surface area contributed by atoms with Crippen LogP contribution in [-0.2, 0) is 15.1 Å². The van der Waals surface area contributed by atoms with E-state index in [-0.39, 0.29) is 11.7 Å². The molecule has 1 aromatic carbocycles. The molecule has 0 aliphatic rings. The highest BCUT2D eigenvalue weighted by Gasteiger charge is 2.00. The van der Waals surface area contributed by atoms with Crippen molar-refractivity contribution in [3.05, 3.63) is 29.3 Å². The van der Waals surface area contributed by atoms with Gasteiger partial charge in [-0.2, -0.15) is 8.42 Å². The van der Waals surface area contributed by atoms with Crippen LogP contribution in [-0.4, -0.2) is 25.7 Å². The number of hydrogen-bond donors (Lipinski definition) is 3. The van der Waals surface area contributed by atoms with Gasteiger partial charge in [0.1, 0.15) is 11.1 Å². The van der Waals surface area contributed by atoms with Crippen molar-refractivity contribution in [1.29, 1.82) is 5.41 Å².